The van der Waals surface area contributed by atoms with Gasteiger partial charge in [0.2, 0.25) is 17.8 Å². The summed E-state index contributed by atoms with van der Waals surface area (Å²) in [6.07, 6.45) is 5.25. The summed E-state index contributed by atoms with van der Waals surface area (Å²) in [6.45, 7) is 1.90. The normalized spacial score (nSPS) is 14.0. The van der Waals surface area contributed by atoms with E-state index in [2.05, 4.69) is 35.7 Å². The average Bonchev–Trinajstić information content (AvgIpc) is 2.81. The van der Waals surface area contributed by atoms with Gasteiger partial charge in [-0.25, -0.2) is 5.43 Å². The molecular weight excluding hydrogens is 378 g/mol. The van der Waals surface area contributed by atoms with Gasteiger partial charge in [0.15, 0.2) is 0 Å². The molecule has 0 aliphatic carbocycles. The number of para-hydroxylation sites is 1. The van der Waals surface area contributed by atoms with Gasteiger partial charge < -0.3 is 15.0 Å². The molecule has 1 saturated heterocycles. The fourth-order valence-electron chi connectivity index (χ4n) is 3.21. The van der Waals surface area contributed by atoms with Crippen molar-refractivity contribution in [2.24, 2.45) is 5.10 Å². The second-order valence-electron chi connectivity index (χ2n) is 6.96. The van der Waals surface area contributed by atoms with Crippen LogP contribution in [0.1, 0.15) is 24.8 Å². The number of methoxy groups -OCH3 is 1. The highest BCUT2D eigenvalue weighted by Crippen LogP contribution is 2.20. The smallest absolute Gasteiger partial charge is 0.250 e. The molecule has 3 aromatic rings. The number of nitrogens with zero attached hydrogens (tertiary/aromatic N) is 5. The molecule has 30 heavy (non-hydrogen) atoms. The number of ether oxygens (including phenoxy) is 1. The maximum atomic E-state index is 5.18. The number of hydrazone groups is 1. The zero-order chi connectivity index (χ0) is 20.6. The standard InChI is InChI=1S/C22H25N7O/c1-30-19-12-10-17(11-13-19)16-23-28-21-25-20(24-18-8-4-2-5-9-18)26-22(27-21)29-14-6-3-7-15-29/h2,4-5,8-13,16H,3,6-7,14-15H2,1H3,(H2,24,25,26,27,28). The monoisotopic (exact) mass is 403 g/mol. The van der Waals surface area contributed by atoms with Crippen LogP contribution < -0.4 is 20.4 Å². The van der Waals surface area contributed by atoms with E-state index in [0.717, 1.165) is 42.9 Å². The Morgan fingerprint density at radius 1 is 0.900 bits per heavy atom. The van der Waals surface area contributed by atoms with E-state index in [9.17, 15) is 0 Å². The van der Waals surface area contributed by atoms with Crippen LogP contribution in [0.2, 0.25) is 0 Å². The summed E-state index contributed by atoms with van der Waals surface area (Å²) in [5, 5.41) is 7.54. The van der Waals surface area contributed by atoms with Crippen molar-refractivity contribution in [2.45, 2.75) is 19.3 Å². The molecule has 8 nitrogen and oxygen atoms in total. The SMILES string of the molecule is COc1ccc(C=NNc2nc(Nc3ccccc3)nc(N3CCCCC3)n2)cc1. The molecule has 0 saturated carbocycles. The summed E-state index contributed by atoms with van der Waals surface area (Å²) in [5.74, 6) is 2.35. The molecule has 0 radical (unpaired) electrons. The van der Waals surface area contributed by atoms with E-state index >= 15 is 0 Å². The first kappa shape index (κ1) is 19.6. The highest BCUT2D eigenvalue weighted by molar-refractivity contribution is 5.80. The number of anilines is 4. The van der Waals surface area contributed by atoms with Crippen LogP contribution in [0.15, 0.2) is 59.7 Å². The van der Waals surface area contributed by atoms with Crippen LogP contribution >= 0.6 is 0 Å². The first-order valence-corrected chi connectivity index (χ1v) is 10.1. The van der Waals surface area contributed by atoms with E-state index in [4.69, 9.17) is 4.74 Å². The molecule has 2 aromatic carbocycles. The van der Waals surface area contributed by atoms with Gasteiger partial charge in [0.1, 0.15) is 5.75 Å². The number of rotatable bonds is 7. The Hall–Kier alpha value is -3.68. The molecule has 8 heteroatoms. The lowest BCUT2D eigenvalue weighted by molar-refractivity contribution is 0.415. The highest BCUT2D eigenvalue weighted by atomic mass is 16.5. The minimum absolute atomic E-state index is 0.397. The highest BCUT2D eigenvalue weighted by Gasteiger charge is 2.16. The largest absolute Gasteiger partial charge is 0.497 e. The van der Waals surface area contributed by atoms with Crippen molar-refractivity contribution >= 4 is 29.7 Å². The van der Waals surface area contributed by atoms with E-state index < -0.39 is 0 Å². The van der Waals surface area contributed by atoms with Crippen molar-refractivity contribution in [1.82, 2.24) is 15.0 Å². The third-order valence-corrected chi connectivity index (χ3v) is 4.79. The van der Waals surface area contributed by atoms with Crippen LogP contribution in [-0.4, -0.2) is 41.4 Å². The Morgan fingerprint density at radius 3 is 2.37 bits per heavy atom. The van der Waals surface area contributed by atoms with Crippen LogP contribution in [0.3, 0.4) is 0 Å². The molecule has 1 aliphatic heterocycles. The van der Waals surface area contributed by atoms with Gasteiger partial charge in [0, 0.05) is 18.8 Å². The lowest BCUT2D eigenvalue weighted by Gasteiger charge is -2.26. The Kier molecular flexibility index (Phi) is 6.34. The second kappa shape index (κ2) is 9.69. The van der Waals surface area contributed by atoms with Crippen LogP contribution in [-0.2, 0) is 0 Å². The summed E-state index contributed by atoms with van der Waals surface area (Å²) >= 11 is 0. The summed E-state index contributed by atoms with van der Waals surface area (Å²) < 4.78 is 5.18. The van der Waals surface area contributed by atoms with Crippen molar-refractivity contribution < 1.29 is 4.74 Å². The molecule has 0 atom stereocenters. The molecule has 0 bridgehead atoms. The molecule has 2 heterocycles. The summed E-state index contributed by atoms with van der Waals surface area (Å²) in [5.41, 5.74) is 4.80. The fourth-order valence-corrected chi connectivity index (χ4v) is 3.21. The molecule has 4 rings (SSSR count). The van der Waals surface area contributed by atoms with Crippen molar-refractivity contribution in [3.05, 3.63) is 60.2 Å². The first-order chi connectivity index (χ1) is 14.8. The van der Waals surface area contributed by atoms with Gasteiger partial charge in [-0.2, -0.15) is 20.1 Å². The zero-order valence-corrected chi connectivity index (χ0v) is 17.0. The van der Waals surface area contributed by atoms with Gasteiger partial charge in [0.25, 0.3) is 0 Å². The Bertz CT molecular complexity index is 971. The van der Waals surface area contributed by atoms with Crippen LogP contribution in [0.4, 0.5) is 23.5 Å². The predicted octanol–water partition coefficient (Wildman–Crippen LogP) is 4.06. The minimum Gasteiger partial charge on any atom is -0.497 e. The van der Waals surface area contributed by atoms with Crippen LogP contribution in [0.5, 0.6) is 5.75 Å². The molecule has 1 aliphatic rings. The van der Waals surface area contributed by atoms with Crippen LogP contribution in [0, 0.1) is 0 Å². The van der Waals surface area contributed by atoms with Gasteiger partial charge in [-0.05, 0) is 61.2 Å². The molecule has 1 aromatic heterocycles. The lowest BCUT2D eigenvalue weighted by atomic mass is 10.1. The quantitative estimate of drug-likeness (QED) is 0.454. The molecule has 1 fully saturated rings. The average molecular weight is 403 g/mol. The number of hydrogen-bond donors (Lipinski definition) is 2. The van der Waals surface area contributed by atoms with E-state index in [0.29, 0.717) is 17.8 Å². The Morgan fingerprint density at radius 2 is 1.63 bits per heavy atom. The molecule has 0 unspecified atom stereocenters. The lowest BCUT2D eigenvalue weighted by Crippen LogP contribution is -2.31. The maximum absolute atomic E-state index is 5.18. The van der Waals surface area contributed by atoms with Gasteiger partial charge in [-0.1, -0.05) is 18.2 Å². The number of nitrogens with one attached hydrogen (secondary N) is 2. The zero-order valence-electron chi connectivity index (χ0n) is 17.0. The summed E-state index contributed by atoms with van der Waals surface area (Å²) in [4.78, 5) is 15.9. The Labute approximate surface area is 176 Å². The van der Waals surface area contributed by atoms with Gasteiger partial charge in [0.05, 0.1) is 13.3 Å². The van der Waals surface area contributed by atoms with E-state index in [1.807, 2.05) is 54.6 Å². The van der Waals surface area contributed by atoms with Crippen LogP contribution in [0.25, 0.3) is 0 Å². The topological polar surface area (TPSA) is 87.6 Å². The molecule has 0 amide bonds. The summed E-state index contributed by atoms with van der Waals surface area (Å²) in [7, 11) is 1.65. The fraction of sp³-hybridized carbons (Fsp3) is 0.273. The van der Waals surface area contributed by atoms with E-state index in [1.54, 1.807) is 13.3 Å². The number of piperidine rings is 1. The van der Waals surface area contributed by atoms with Gasteiger partial charge >= 0.3 is 0 Å². The predicted molar refractivity (Wildman–Crippen MR) is 120 cm³/mol. The number of aromatic nitrogens is 3. The first-order valence-electron chi connectivity index (χ1n) is 10.1. The van der Waals surface area contributed by atoms with E-state index in [1.165, 1.54) is 6.42 Å². The minimum atomic E-state index is 0.397. The van der Waals surface area contributed by atoms with Gasteiger partial charge in [-0.3, -0.25) is 0 Å². The van der Waals surface area contributed by atoms with Crippen molar-refractivity contribution in [3.8, 4) is 5.75 Å². The van der Waals surface area contributed by atoms with Crippen molar-refractivity contribution in [2.75, 3.05) is 35.8 Å². The third-order valence-electron chi connectivity index (χ3n) is 4.79. The van der Waals surface area contributed by atoms with Crippen molar-refractivity contribution in [3.63, 3.8) is 0 Å². The van der Waals surface area contributed by atoms with Crippen molar-refractivity contribution in [1.29, 1.82) is 0 Å². The number of hydrogen-bond acceptors (Lipinski definition) is 8. The Balaban J connectivity index is 1.53. The third kappa shape index (κ3) is 5.22. The van der Waals surface area contributed by atoms with E-state index in [-0.39, 0.29) is 0 Å². The molecular formula is C22H25N7O. The summed E-state index contributed by atoms with van der Waals surface area (Å²) in [6, 6.07) is 17.5. The second-order valence-corrected chi connectivity index (χ2v) is 6.96. The molecule has 2 N–H and O–H groups in total. The van der Waals surface area contributed by atoms with Gasteiger partial charge in [-0.15, -0.1) is 0 Å². The molecule has 0 spiro atoms. The maximum Gasteiger partial charge on any atom is 0.250 e. The number of benzene rings is 2. The molecule has 154 valence electrons.